The Balaban J connectivity index is 2.00. The van der Waals surface area contributed by atoms with Gasteiger partial charge in [-0.3, -0.25) is 4.79 Å². The van der Waals surface area contributed by atoms with Crippen LogP contribution in [0.3, 0.4) is 0 Å². The summed E-state index contributed by atoms with van der Waals surface area (Å²) in [5.74, 6) is -0.328. The van der Waals surface area contributed by atoms with Crippen LogP contribution in [0.25, 0.3) is 0 Å². The SMILES string of the molecule is CC1CCC(O)(CNC(=O)c2cc(N)c(F)cc2Br)CC1. The van der Waals surface area contributed by atoms with Crippen LogP contribution in [0.4, 0.5) is 10.1 Å². The third kappa shape index (κ3) is 3.95. The van der Waals surface area contributed by atoms with Crippen molar-refractivity contribution in [1.29, 1.82) is 0 Å². The zero-order valence-electron chi connectivity index (χ0n) is 12.0. The summed E-state index contributed by atoms with van der Waals surface area (Å²) < 4.78 is 13.6. The van der Waals surface area contributed by atoms with E-state index in [0.717, 1.165) is 12.8 Å². The molecule has 6 heteroatoms. The van der Waals surface area contributed by atoms with Crippen molar-refractivity contribution >= 4 is 27.5 Å². The lowest BCUT2D eigenvalue weighted by molar-refractivity contribution is -0.00540. The minimum absolute atomic E-state index is 0.0754. The summed E-state index contributed by atoms with van der Waals surface area (Å²) in [5, 5.41) is 13.2. The first-order valence-corrected chi connectivity index (χ1v) is 7.85. The third-order valence-electron chi connectivity index (χ3n) is 4.11. The van der Waals surface area contributed by atoms with Gasteiger partial charge in [-0.15, -0.1) is 0 Å². The highest BCUT2D eigenvalue weighted by Crippen LogP contribution is 2.31. The van der Waals surface area contributed by atoms with Crippen LogP contribution in [0.15, 0.2) is 16.6 Å². The largest absolute Gasteiger partial charge is 0.396 e. The molecule has 1 aromatic carbocycles. The molecule has 4 N–H and O–H groups in total. The van der Waals surface area contributed by atoms with E-state index in [1.807, 2.05) is 0 Å². The van der Waals surface area contributed by atoms with E-state index in [0.29, 0.717) is 23.2 Å². The molecule has 1 aliphatic carbocycles. The molecule has 0 saturated heterocycles. The van der Waals surface area contributed by atoms with Crippen LogP contribution in [0.2, 0.25) is 0 Å². The van der Waals surface area contributed by atoms with E-state index < -0.39 is 11.4 Å². The van der Waals surface area contributed by atoms with Crippen molar-refractivity contribution in [2.24, 2.45) is 5.92 Å². The average molecular weight is 359 g/mol. The van der Waals surface area contributed by atoms with Gasteiger partial charge in [-0.25, -0.2) is 4.39 Å². The predicted octanol–water partition coefficient (Wildman–Crippen LogP) is 2.84. The summed E-state index contributed by atoms with van der Waals surface area (Å²) >= 11 is 3.15. The van der Waals surface area contributed by atoms with Crippen molar-refractivity contribution < 1.29 is 14.3 Å². The van der Waals surface area contributed by atoms with Crippen LogP contribution >= 0.6 is 15.9 Å². The summed E-state index contributed by atoms with van der Waals surface area (Å²) in [5.41, 5.74) is 4.83. The molecule has 0 radical (unpaired) electrons. The van der Waals surface area contributed by atoms with Crippen LogP contribution in [0.5, 0.6) is 0 Å². The number of hydrogen-bond acceptors (Lipinski definition) is 3. The number of nitrogens with one attached hydrogen (secondary N) is 1. The van der Waals surface area contributed by atoms with Crippen molar-refractivity contribution in [3.8, 4) is 0 Å². The Kier molecular flexibility index (Phi) is 4.88. The van der Waals surface area contributed by atoms with E-state index >= 15 is 0 Å². The lowest BCUT2D eigenvalue weighted by Crippen LogP contribution is -2.45. The normalized spacial score (nSPS) is 25.6. The summed E-state index contributed by atoms with van der Waals surface area (Å²) in [6.07, 6.45) is 3.28. The number of nitrogen functional groups attached to an aromatic ring is 1. The van der Waals surface area contributed by atoms with Gasteiger partial charge in [-0.05, 0) is 59.7 Å². The van der Waals surface area contributed by atoms with E-state index in [2.05, 4.69) is 28.2 Å². The van der Waals surface area contributed by atoms with Crippen molar-refractivity contribution in [3.05, 3.63) is 28.0 Å². The molecule has 0 bridgehead atoms. The maximum Gasteiger partial charge on any atom is 0.252 e. The molecule has 0 unspecified atom stereocenters. The molecule has 116 valence electrons. The smallest absolute Gasteiger partial charge is 0.252 e. The number of carbonyl (C=O) groups is 1. The average Bonchev–Trinajstić information content (AvgIpc) is 2.44. The fraction of sp³-hybridized carbons (Fsp3) is 0.533. The Morgan fingerprint density at radius 2 is 2.14 bits per heavy atom. The fourth-order valence-corrected chi connectivity index (χ4v) is 3.05. The molecule has 1 fully saturated rings. The summed E-state index contributed by atoms with van der Waals surface area (Å²) in [6, 6.07) is 2.46. The third-order valence-corrected chi connectivity index (χ3v) is 4.77. The number of carbonyl (C=O) groups excluding carboxylic acids is 1. The van der Waals surface area contributed by atoms with Gasteiger partial charge in [0.2, 0.25) is 0 Å². The zero-order valence-corrected chi connectivity index (χ0v) is 13.5. The first-order chi connectivity index (χ1) is 9.81. The number of rotatable bonds is 3. The standard InChI is InChI=1S/C15H20BrFN2O2/c1-9-2-4-15(21,5-3-9)8-19-14(20)10-6-13(18)12(17)7-11(10)16/h6-7,9,21H,2-5,8,18H2,1H3,(H,19,20). The minimum atomic E-state index is -0.847. The van der Waals surface area contributed by atoms with E-state index in [-0.39, 0.29) is 23.7 Å². The van der Waals surface area contributed by atoms with Crippen LogP contribution in [0, 0.1) is 11.7 Å². The maximum atomic E-state index is 13.3. The maximum absolute atomic E-state index is 13.3. The summed E-state index contributed by atoms with van der Waals surface area (Å²) in [7, 11) is 0. The van der Waals surface area contributed by atoms with E-state index in [4.69, 9.17) is 5.73 Å². The van der Waals surface area contributed by atoms with Crippen LogP contribution in [0.1, 0.15) is 43.0 Å². The molecule has 0 aliphatic heterocycles. The van der Waals surface area contributed by atoms with Crippen molar-refractivity contribution in [1.82, 2.24) is 5.32 Å². The molecular formula is C15H20BrFN2O2. The van der Waals surface area contributed by atoms with Gasteiger partial charge in [-0.1, -0.05) is 6.92 Å². The lowest BCUT2D eigenvalue weighted by atomic mass is 9.79. The molecule has 1 saturated carbocycles. The number of anilines is 1. The number of nitrogens with two attached hydrogens (primary N) is 1. The second-order valence-corrected chi connectivity index (χ2v) is 6.80. The Labute approximate surface area is 132 Å². The van der Waals surface area contributed by atoms with Crippen LogP contribution in [-0.2, 0) is 0 Å². The molecule has 0 spiro atoms. The molecule has 1 amide bonds. The Morgan fingerprint density at radius 1 is 1.52 bits per heavy atom. The topological polar surface area (TPSA) is 75.3 Å². The quantitative estimate of drug-likeness (QED) is 0.727. The van der Waals surface area contributed by atoms with Gasteiger partial charge in [0.15, 0.2) is 0 Å². The first-order valence-electron chi connectivity index (χ1n) is 7.06. The number of amides is 1. The molecular weight excluding hydrogens is 339 g/mol. The second kappa shape index (κ2) is 6.32. The highest BCUT2D eigenvalue weighted by molar-refractivity contribution is 9.10. The minimum Gasteiger partial charge on any atom is -0.396 e. The van der Waals surface area contributed by atoms with Crippen molar-refractivity contribution in [2.45, 2.75) is 38.2 Å². The van der Waals surface area contributed by atoms with E-state index in [1.54, 1.807) is 0 Å². The van der Waals surface area contributed by atoms with Gasteiger partial charge >= 0.3 is 0 Å². The fourth-order valence-electron chi connectivity index (χ4n) is 2.56. The first kappa shape index (κ1) is 16.2. The Morgan fingerprint density at radius 3 is 2.76 bits per heavy atom. The monoisotopic (exact) mass is 358 g/mol. The highest BCUT2D eigenvalue weighted by Gasteiger charge is 2.32. The highest BCUT2D eigenvalue weighted by atomic mass is 79.9. The molecule has 2 rings (SSSR count). The molecule has 21 heavy (non-hydrogen) atoms. The predicted molar refractivity (Wildman–Crippen MR) is 83.4 cm³/mol. The molecule has 0 heterocycles. The van der Waals surface area contributed by atoms with Gasteiger partial charge in [0.25, 0.3) is 5.91 Å². The van der Waals surface area contributed by atoms with Crippen LogP contribution < -0.4 is 11.1 Å². The number of benzene rings is 1. The molecule has 0 aromatic heterocycles. The molecule has 0 atom stereocenters. The zero-order chi connectivity index (χ0) is 15.6. The number of halogens is 2. The summed E-state index contributed by atoms with van der Waals surface area (Å²) in [6.45, 7) is 2.36. The second-order valence-electron chi connectivity index (χ2n) is 5.94. The van der Waals surface area contributed by atoms with Gasteiger partial charge in [0.05, 0.1) is 16.9 Å². The van der Waals surface area contributed by atoms with Crippen LogP contribution in [-0.4, -0.2) is 23.2 Å². The van der Waals surface area contributed by atoms with E-state index in [9.17, 15) is 14.3 Å². The summed E-state index contributed by atoms with van der Waals surface area (Å²) in [4.78, 5) is 12.1. The molecule has 1 aromatic rings. The van der Waals surface area contributed by atoms with Gasteiger partial charge in [0.1, 0.15) is 5.82 Å². The Hall–Kier alpha value is -1.14. The number of hydrogen-bond donors (Lipinski definition) is 3. The van der Waals surface area contributed by atoms with Gasteiger partial charge < -0.3 is 16.2 Å². The lowest BCUT2D eigenvalue weighted by Gasteiger charge is -2.35. The van der Waals surface area contributed by atoms with E-state index in [1.165, 1.54) is 12.1 Å². The van der Waals surface area contributed by atoms with Gasteiger partial charge in [0, 0.05) is 11.0 Å². The number of aliphatic hydroxyl groups is 1. The van der Waals surface area contributed by atoms with Gasteiger partial charge in [-0.2, -0.15) is 0 Å². The Bertz CT molecular complexity index is 543. The van der Waals surface area contributed by atoms with Crippen molar-refractivity contribution in [2.75, 3.05) is 12.3 Å². The molecule has 4 nitrogen and oxygen atoms in total. The molecule has 1 aliphatic rings. The van der Waals surface area contributed by atoms with Crippen molar-refractivity contribution in [3.63, 3.8) is 0 Å².